The van der Waals surface area contributed by atoms with Crippen molar-refractivity contribution in [2.75, 3.05) is 0 Å². The lowest BCUT2D eigenvalue weighted by molar-refractivity contribution is 0.953. The number of aromatic nitrogens is 5. The predicted octanol–water partition coefficient (Wildman–Crippen LogP) is 4.57. The Kier molecular flexibility index (Phi) is 3.54. The highest BCUT2D eigenvalue weighted by molar-refractivity contribution is 7.17. The van der Waals surface area contributed by atoms with Crippen molar-refractivity contribution in [2.24, 2.45) is 0 Å². The van der Waals surface area contributed by atoms with Crippen LogP contribution in [0.5, 0.6) is 0 Å². The first-order valence-electron chi connectivity index (χ1n) is 8.18. The van der Waals surface area contributed by atoms with Crippen molar-refractivity contribution < 1.29 is 0 Å². The van der Waals surface area contributed by atoms with Gasteiger partial charge in [-0.25, -0.2) is 4.98 Å². The average molecular weight is 355 g/mol. The van der Waals surface area contributed by atoms with Gasteiger partial charge in [-0.3, -0.25) is 0 Å². The number of hydrogen-bond acceptors (Lipinski definition) is 5. The molecule has 6 heteroatoms. The van der Waals surface area contributed by atoms with Crippen LogP contribution < -0.4 is 0 Å². The van der Waals surface area contributed by atoms with E-state index in [-0.39, 0.29) is 0 Å². The van der Waals surface area contributed by atoms with Gasteiger partial charge >= 0.3 is 0 Å². The smallest absolute Gasteiger partial charge is 0.235 e. The summed E-state index contributed by atoms with van der Waals surface area (Å²) in [6, 6.07) is 22.2. The molecule has 124 valence electrons. The third kappa shape index (κ3) is 2.66. The van der Waals surface area contributed by atoms with Crippen molar-refractivity contribution in [2.45, 2.75) is 0 Å². The van der Waals surface area contributed by atoms with Gasteiger partial charge in [-0.1, -0.05) is 72.0 Å². The molecule has 3 heterocycles. The minimum atomic E-state index is 0.654. The first kappa shape index (κ1) is 14.9. The maximum Gasteiger partial charge on any atom is 0.235 e. The SMILES string of the molecule is C(=C\c1nn2c(-c3ccc4ccccc4n3)nnc2s1)/c1ccccc1. The molecule has 2 aromatic carbocycles. The van der Waals surface area contributed by atoms with Gasteiger partial charge < -0.3 is 0 Å². The van der Waals surface area contributed by atoms with E-state index < -0.39 is 0 Å². The van der Waals surface area contributed by atoms with Crippen LogP contribution in [0.2, 0.25) is 0 Å². The van der Waals surface area contributed by atoms with Crippen LogP contribution in [0.4, 0.5) is 0 Å². The molecule has 3 aromatic heterocycles. The summed E-state index contributed by atoms with van der Waals surface area (Å²) in [5, 5.41) is 15.1. The maximum atomic E-state index is 4.69. The highest BCUT2D eigenvalue weighted by atomic mass is 32.1. The first-order valence-corrected chi connectivity index (χ1v) is 9.00. The normalized spacial score (nSPS) is 11.7. The van der Waals surface area contributed by atoms with Crippen LogP contribution in [0.3, 0.4) is 0 Å². The number of hydrogen-bond donors (Lipinski definition) is 0. The van der Waals surface area contributed by atoms with Crippen LogP contribution in [-0.4, -0.2) is 24.8 Å². The molecule has 0 saturated carbocycles. The fourth-order valence-corrected chi connectivity index (χ4v) is 3.52. The number of para-hydroxylation sites is 1. The van der Waals surface area contributed by atoms with Gasteiger partial charge in [0.1, 0.15) is 10.7 Å². The fraction of sp³-hybridized carbons (Fsp3) is 0. The molecule has 0 aliphatic carbocycles. The Morgan fingerprint density at radius 3 is 2.58 bits per heavy atom. The fourth-order valence-electron chi connectivity index (χ4n) is 2.78. The summed E-state index contributed by atoms with van der Waals surface area (Å²) in [6.07, 6.45) is 4.03. The Balaban J connectivity index is 1.54. The standard InChI is InChI=1S/C20H13N5S/c1-2-6-14(7-3-1)10-13-18-24-25-19(22-23-20(25)26-18)17-12-11-15-8-4-5-9-16(15)21-17/h1-13H/b13-10+. The van der Waals surface area contributed by atoms with Gasteiger partial charge in [-0.05, 0) is 23.8 Å². The van der Waals surface area contributed by atoms with Gasteiger partial charge in [0.2, 0.25) is 10.8 Å². The third-order valence-electron chi connectivity index (χ3n) is 4.05. The zero-order valence-electron chi connectivity index (χ0n) is 13.6. The lowest BCUT2D eigenvalue weighted by Gasteiger charge is -1.99. The minimum absolute atomic E-state index is 0.654. The topological polar surface area (TPSA) is 56.0 Å². The van der Waals surface area contributed by atoms with E-state index in [0.29, 0.717) is 5.82 Å². The summed E-state index contributed by atoms with van der Waals surface area (Å²) in [5.41, 5.74) is 2.83. The van der Waals surface area contributed by atoms with E-state index in [4.69, 9.17) is 4.98 Å². The largest absolute Gasteiger partial charge is 0.244 e. The van der Waals surface area contributed by atoms with E-state index in [0.717, 1.165) is 32.1 Å². The van der Waals surface area contributed by atoms with Gasteiger partial charge in [-0.15, -0.1) is 10.2 Å². The van der Waals surface area contributed by atoms with Gasteiger partial charge in [0.15, 0.2) is 0 Å². The van der Waals surface area contributed by atoms with Gasteiger partial charge in [-0.2, -0.15) is 9.61 Å². The Hall–Kier alpha value is -3.38. The molecule has 0 amide bonds. The summed E-state index contributed by atoms with van der Waals surface area (Å²) >= 11 is 1.50. The number of pyridine rings is 1. The summed E-state index contributed by atoms with van der Waals surface area (Å²) in [6.45, 7) is 0. The monoisotopic (exact) mass is 355 g/mol. The average Bonchev–Trinajstić information content (AvgIpc) is 3.27. The molecule has 26 heavy (non-hydrogen) atoms. The first-order chi connectivity index (χ1) is 12.9. The molecule has 0 N–H and O–H groups in total. The maximum absolute atomic E-state index is 4.69. The second-order valence-electron chi connectivity index (χ2n) is 5.79. The van der Waals surface area contributed by atoms with E-state index in [1.54, 1.807) is 4.52 Å². The van der Waals surface area contributed by atoms with E-state index >= 15 is 0 Å². The minimum Gasteiger partial charge on any atom is -0.244 e. The molecule has 0 bridgehead atoms. The molecular weight excluding hydrogens is 342 g/mol. The van der Waals surface area contributed by atoms with Crippen LogP contribution in [0.15, 0.2) is 66.7 Å². The lowest BCUT2D eigenvalue weighted by atomic mass is 10.2. The van der Waals surface area contributed by atoms with Crippen molar-refractivity contribution in [3.63, 3.8) is 0 Å². The summed E-state index contributed by atoms with van der Waals surface area (Å²) in [7, 11) is 0. The van der Waals surface area contributed by atoms with Crippen LogP contribution >= 0.6 is 11.3 Å². The molecule has 0 fully saturated rings. The highest BCUT2D eigenvalue weighted by Gasteiger charge is 2.13. The molecule has 5 nitrogen and oxygen atoms in total. The number of fused-ring (bicyclic) bond motifs is 2. The van der Waals surface area contributed by atoms with Gasteiger partial charge in [0.25, 0.3) is 0 Å². The Bertz CT molecular complexity index is 1240. The van der Waals surface area contributed by atoms with Crippen molar-refractivity contribution in [1.29, 1.82) is 0 Å². The molecule has 0 spiro atoms. The summed E-state index contributed by atoms with van der Waals surface area (Å²) in [4.78, 5) is 5.45. The zero-order valence-corrected chi connectivity index (χ0v) is 14.5. The van der Waals surface area contributed by atoms with Crippen LogP contribution in [0, 0.1) is 0 Å². The summed E-state index contributed by atoms with van der Waals surface area (Å²) < 4.78 is 1.76. The molecule has 5 rings (SSSR count). The van der Waals surface area contributed by atoms with E-state index in [9.17, 15) is 0 Å². The molecule has 0 unspecified atom stereocenters. The predicted molar refractivity (Wildman–Crippen MR) is 105 cm³/mol. The van der Waals surface area contributed by atoms with Crippen molar-refractivity contribution >= 4 is 39.4 Å². The Morgan fingerprint density at radius 2 is 1.65 bits per heavy atom. The number of nitrogens with zero attached hydrogens (tertiary/aromatic N) is 5. The quantitative estimate of drug-likeness (QED) is 0.476. The summed E-state index contributed by atoms with van der Waals surface area (Å²) in [5.74, 6) is 0.654. The lowest BCUT2D eigenvalue weighted by Crippen LogP contribution is -1.93. The van der Waals surface area contributed by atoms with E-state index in [1.807, 2.05) is 66.7 Å². The number of benzene rings is 2. The third-order valence-corrected chi connectivity index (χ3v) is 4.92. The van der Waals surface area contributed by atoms with Crippen LogP contribution in [-0.2, 0) is 0 Å². The highest BCUT2D eigenvalue weighted by Crippen LogP contribution is 2.23. The second kappa shape index (κ2) is 6.16. The molecule has 0 aliphatic heterocycles. The zero-order chi connectivity index (χ0) is 17.3. The molecule has 0 atom stereocenters. The van der Waals surface area contributed by atoms with Crippen molar-refractivity contribution in [3.8, 4) is 11.5 Å². The van der Waals surface area contributed by atoms with Crippen molar-refractivity contribution in [1.82, 2.24) is 24.8 Å². The van der Waals surface area contributed by atoms with E-state index in [1.165, 1.54) is 11.3 Å². The number of rotatable bonds is 3. The molecule has 5 aromatic rings. The molecular formula is C20H13N5S. The molecule has 0 radical (unpaired) electrons. The molecule has 0 aliphatic rings. The van der Waals surface area contributed by atoms with Crippen molar-refractivity contribution in [3.05, 3.63) is 77.3 Å². The van der Waals surface area contributed by atoms with Gasteiger partial charge in [0.05, 0.1) is 5.52 Å². The molecule has 0 saturated heterocycles. The Morgan fingerprint density at radius 1 is 0.808 bits per heavy atom. The van der Waals surface area contributed by atoms with Crippen LogP contribution in [0.25, 0.3) is 39.5 Å². The van der Waals surface area contributed by atoms with Crippen LogP contribution in [0.1, 0.15) is 10.6 Å². The van der Waals surface area contributed by atoms with Gasteiger partial charge in [0, 0.05) is 5.39 Å². The Labute approximate surface area is 153 Å². The van der Waals surface area contributed by atoms with E-state index in [2.05, 4.69) is 27.4 Å². The second-order valence-corrected chi connectivity index (χ2v) is 6.78.